The van der Waals surface area contributed by atoms with Crippen molar-refractivity contribution in [2.24, 2.45) is 0 Å². The molecule has 0 radical (unpaired) electrons. The third kappa shape index (κ3) is 3.43. The fourth-order valence-electron chi connectivity index (χ4n) is 0.273. The normalized spacial score (nSPS) is 15.4. The molecule has 10 heavy (non-hydrogen) atoms. The van der Waals surface area contributed by atoms with Gasteiger partial charge in [0.2, 0.25) is 8.03 Å². The summed E-state index contributed by atoms with van der Waals surface area (Å²) >= 11 is 0. The van der Waals surface area contributed by atoms with Gasteiger partial charge in [-0.25, -0.2) is 4.79 Å². The highest BCUT2D eigenvalue weighted by Crippen LogP contribution is 2.22. The minimum Gasteiger partial charge on any atom is -0.449 e. The molecule has 0 bridgehead atoms. The lowest BCUT2D eigenvalue weighted by Gasteiger charge is -2.06. The lowest BCUT2D eigenvalue weighted by atomic mass is 10.6. The Morgan fingerprint density at radius 3 is 2.70 bits per heavy atom. The van der Waals surface area contributed by atoms with Crippen LogP contribution in [0.1, 0.15) is 6.92 Å². The maximum Gasteiger partial charge on any atom is 0.330 e. The molecule has 1 N–H and O–H groups in total. The Bertz CT molecular complexity index is 165. The number of hydrogen-bond acceptors (Lipinski definition) is 3. The number of ether oxygens (including phenoxy) is 1. The van der Waals surface area contributed by atoms with E-state index in [4.69, 9.17) is 4.89 Å². The minimum absolute atomic E-state index is 0.681. The summed E-state index contributed by atoms with van der Waals surface area (Å²) in [7, 11) is -2.76. The molecule has 0 saturated heterocycles. The Morgan fingerprint density at radius 1 is 1.90 bits per heavy atom. The van der Waals surface area contributed by atoms with Gasteiger partial charge in [0.05, 0.1) is 0 Å². The summed E-state index contributed by atoms with van der Waals surface area (Å²) in [5.74, 6) is -1.60. The molecule has 0 aromatic heterocycles. The molecule has 0 spiro atoms. The molecule has 0 aliphatic carbocycles. The van der Waals surface area contributed by atoms with Crippen LogP contribution in [0.2, 0.25) is 0 Å². The monoisotopic (exact) mass is 164 g/mol. The first-order valence-corrected chi connectivity index (χ1v) is 4.07. The second kappa shape index (κ2) is 4.25. The summed E-state index contributed by atoms with van der Waals surface area (Å²) in [4.78, 5) is 18.8. The molecule has 0 rings (SSSR count). The van der Waals surface area contributed by atoms with Crippen LogP contribution < -0.4 is 0 Å². The molecule has 58 valence electrons. The lowest BCUT2D eigenvalue weighted by molar-refractivity contribution is -0.139. The van der Waals surface area contributed by atoms with Crippen LogP contribution in [0.15, 0.2) is 12.7 Å². The Balaban J connectivity index is 3.79. The molecule has 0 heterocycles. The molecule has 0 fully saturated rings. The van der Waals surface area contributed by atoms with E-state index in [1.54, 1.807) is 0 Å². The van der Waals surface area contributed by atoms with Gasteiger partial charge in [0.15, 0.2) is 5.85 Å². The molecule has 0 aliphatic heterocycles. The molecule has 0 aromatic carbocycles. The number of esters is 1. The van der Waals surface area contributed by atoms with E-state index >= 15 is 0 Å². The van der Waals surface area contributed by atoms with E-state index in [2.05, 4.69) is 11.3 Å². The van der Waals surface area contributed by atoms with Crippen LogP contribution in [0.25, 0.3) is 0 Å². The Labute approximate surface area is 59.4 Å². The Kier molecular flexibility index (Phi) is 4.00. The second-order valence-corrected chi connectivity index (χ2v) is 3.11. The van der Waals surface area contributed by atoms with E-state index in [9.17, 15) is 9.36 Å². The average molecular weight is 164 g/mol. The molecule has 4 nitrogen and oxygen atoms in total. The first-order valence-electron chi connectivity index (χ1n) is 2.63. The van der Waals surface area contributed by atoms with Gasteiger partial charge in [-0.1, -0.05) is 6.58 Å². The highest BCUT2D eigenvalue weighted by molar-refractivity contribution is 7.38. The highest BCUT2D eigenvalue weighted by atomic mass is 31.1. The van der Waals surface area contributed by atoms with Crippen LogP contribution in [0.3, 0.4) is 0 Å². The van der Waals surface area contributed by atoms with Crippen molar-refractivity contribution in [3.05, 3.63) is 12.7 Å². The topological polar surface area (TPSA) is 63.6 Å². The molecule has 0 aromatic rings. The van der Waals surface area contributed by atoms with Crippen molar-refractivity contribution >= 4 is 14.0 Å². The molecule has 2 unspecified atom stereocenters. The number of rotatable bonds is 3. The maximum absolute atomic E-state index is 10.4. The van der Waals surface area contributed by atoms with Crippen LogP contribution in [-0.4, -0.2) is 16.7 Å². The number of carbonyl (C=O) groups is 1. The number of hydrogen-bond donors (Lipinski definition) is 1. The van der Waals surface area contributed by atoms with Gasteiger partial charge >= 0.3 is 5.97 Å². The first kappa shape index (κ1) is 9.40. The van der Waals surface area contributed by atoms with Gasteiger partial charge < -0.3 is 9.63 Å². The van der Waals surface area contributed by atoms with Crippen molar-refractivity contribution in [1.29, 1.82) is 0 Å². The SMILES string of the molecule is C=CC(=O)OC(C)[PH](=O)O. The van der Waals surface area contributed by atoms with Gasteiger partial charge in [-0.15, -0.1) is 0 Å². The van der Waals surface area contributed by atoms with Crippen molar-refractivity contribution in [3.63, 3.8) is 0 Å². The van der Waals surface area contributed by atoms with Crippen LogP contribution in [0, 0.1) is 0 Å². The van der Waals surface area contributed by atoms with Crippen molar-refractivity contribution in [3.8, 4) is 0 Å². The smallest absolute Gasteiger partial charge is 0.330 e. The van der Waals surface area contributed by atoms with Gasteiger partial charge in [0, 0.05) is 6.08 Å². The molecule has 0 amide bonds. The van der Waals surface area contributed by atoms with Crippen LogP contribution in [0.5, 0.6) is 0 Å². The average Bonchev–Trinajstić information content (AvgIpc) is 1.87. The van der Waals surface area contributed by atoms with Crippen LogP contribution >= 0.6 is 8.03 Å². The highest BCUT2D eigenvalue weighted by Gasteiger charge is 2.10. The molecular formula is C5H9O4P. The maximum atomic E-state index is 10.4. The van der Waals surface area contributed by atoms with E-state index < -0.39 is 19.8 Å². The molecule has 0 saturated carbocycles. The van der Waals surface area contributed by atoms with Crippen LogP contribution in [-0.2, 0) is 14.1 Å². The quantitative estimate of drug-likeness (QED) is 0.375. The second-order valence-electron chi connectivity index (χ2n) is 1.62. The van der Waals surface area contributed by atoms with E-state index in [-0.39, 0.29) is 0 Å². The van der Waals surface area contributed by atoms with Crippen LogP contribution in [0.4, 0.5) is 0 Å². The zero-order valence-corrected chi connectivity index (χ0v) is 6.53. The summed E-state index contributed by atoms with van der Waals surface area (Å²) < 4.78 is 14.6. The van der Waals surface area contributed by atoms with Crippen molar-refractivity contribution in [2.75, 3.05) is 0 Å². The largest absolute Gasteiger partial charge is 0.449 e. The molecule has 5 heteroatoms. The minimum atomic E-state index is -2.76. The zero-order valence-electron chi connectivity index (χ0n) is 5.53. The summed E-state index contributed by atoms with van der Waals surface area (Å²) in [6, 6.07) is 0. The molecule has 2 atom stereocenters. The molecular weight excluding hydrogens is 155 g/mol. The van der Waals surface area contributed by atoms with Crippen molar-refractivity contribution in [1.82, 2.24) is 0 Å². The van der Waals surface area contributed by atoms with E-state index in [0.29, 0.717) is 0 Å². The predicted molar refractivity (Wildman–Crippen MR) is 37.0 cm³/mol. The lowest BCUT2D eigenvalue weighted by Crippen LogP contribution is -2.08. The zero-order chi connectivity index (χ0) is 8.15. The van der Waals surface area contributed by atoms with E-state index in [1.807, 2.05) is 0 Å². The first-order chi connectivity index (χ1) is 4.57. The fourth-order valence-corrected chi connectivity index (χ4v) is 0.490. The summed E-state index contributed by atoms with van der Waals surface area (Å²) in [6.45, 7) is 4.48. The third-order valence-electron chi connectivity index (χ3n) is 0.807. The Morgan fingerprint density at radius 2 is 2.40 bits per heavy atom. The standard InChI is InChI=1S/C5H9O4P/c1-3-5(6)9-4(2)10(7)8/h3-4,10H,1H2,2H3,(H,7,8). The summed E-state index contributed by atoms with van der Waals surface area (Å²) in [6.07, 6.45) is 0.946. The van der Waals surface area contributed by atoms with Crippen molar-refractivity contribution < 1.29 is 19.0 Å². The van der Waals surface area contributed by atoms with Gasteiger partial charge in [-0.3, -0.25) is 4.57 Å². The number of carbonyl (C=O) groups excluding carboxylic acids is 1. The fraction of sp³-hybridized carbons (Fsp3) is 0.400. The van der Waals surface area contributed by atoms with Gasteiger partial charge in [0.1, 0.15) is 0 Å². The predicted octanol–water partition coefficient (Wildman–Crippen LogP) is 0.529. The van der Waals surface area contributed by atoms with Gasteiger partial charge in [0.25, 0.3) is 0 Å². The summed E-state index contributed by atoms with van der Waals surface area (Å²) in [5, 5.41) is 0. The summed E-state index contributed by atoms with van der Waals surface area (Å²) in [5.41, 5.74) is 0. The third-order valence-corrected chi connectivity index (χ3v) is 1.62. The molecule has 0 aliphatic rings. The Hall–Kier alpha value is -0.600. The van der Waals surface area contributed by atoms with E-state index in [0.717, 1.165) is 6.08 Å². The van der Waals surface area contributed by atoms with Crippen molar-refractivity contribution in [2.45, 2.75) is 12.8 Å². The van der Waals surface area contributed by atoms with E-state index in [1.165, 1.54) is 6.92 Å². The van der Waals surface area contributed by atoms with Gasteiger partial charge in [-0.2, -0.15) is 0 Å². The van der Waals surface area contributed by atoms with Gasteiger partial charge in [-0.05, 0) is 6.92 Å².